The van der Waals surface area contributed by atoms with Gasteiger partial charge in [0.15, 0.2) is 10.6 Å². The molecule has 0 saturated carbocycles. The summed E-state index contributed by atoms with van der Waals surface area (Å²) in [5.74, 6) is 0.387. The number of carbonyl (C=O) groups excluding carboxylic acids is 1. The first kappa shape index (κ1) is 32.6. The van der Waals surface area contributed by atoms with Gasteiger partial charge in [0.2, 0.25) is 0 Å². The van der Waals surface area contributed by atoms with E-state index >= 15 is 0 Å². The number of thiazole rings is 1. The number of nitrogens with zero attached hydrogens (tertiary/aromatic N) is 2. The van der Waals surface area contributed by atoms with Gasteiger partial charge in [0.1, 0.15) is 18.4 Å². The van der Waals surface area contributed by atoms with Crippen molar-refractivity contribution in [2.45, 2.75) is 46.4 Å². The van der Waals surface area contributed by atoms with Crippen molar-refractivity contribution in [1.82, 2.24) is 4.57 Å². The third-order valence-electron chi connectivity index (χ3n) is 7.66. The predicted octanol–water partition coefficient (Wildman–Crippen LogP) is 7.62. The maximum Gasteiger partial charge on any atom is 0.338 e. The molecule has 4 aromatic carbocycles. The SMILES string of the molecule is CCOC(=O)C1=C(C)N=c2s/c(=C/c3cc(Cl)c(OCc4cccc5ccccc45)c(Cl)c3)c(=O)n2[C@H]1c1ccccc1OC(C)C. The Morgan fingerprint density at radius 2 is 1.72 bits per heavy atom. The number of rotatable bonds is 9. The number of halogens is 2. The van der Waals surface area contributed by atoms with Crippen LogP contribution in [0.5, 0.6) is 11.5 Å². The van der Waals surface area contributed by atoms with E-state index in [1.54, 1.807) is 32.1 Å². The monoisotopic (exact) mass is 686 g/mol. The van der Waals surface area contributed by atoms with E-state index in [0.717, 1.165) is 16.3 Å². The number of para-hydroxylation sites is 1. The smallest absolute Gasteiger partial charge is 0.338 e. The molecule has 1 aromatic heterocycles. The minimum atomic E-state index is -0.806. The van der Waals surface area contributed by atoms with Gasteiger partial charge < -0.3 is 14.2 Å². The van der Waals surface area contributed by atoms with Crippen LogP contribution < -0.4 is 24.4 Å². The molecule has 0 amide bonds. The van der Waals surface area contributed by atoms with Gasteiger partial charge in [0.25, 0.3) is 5.56 Å². The fourth-order valence-electron chi connectivity index (χ4n) is 5.67. The molecule has 0 radical (unpaired) electrons. The summed E-state index contributed by atoms with van der Waals surface area (Å²) in [4.78, 5) is 32.6. The highest BCUT2D eigenvalue weighted by molar-refractivity contribution is 7.07. The Balaban J connectivity index is 1.40. The molecule has 2 heterocycles. The molecular formula is C37H32Cl2N2O5S. The number of allylic oxidation sites excluding steroid dienone is 1. The van der Waals surface area contributed by atoms with Crippen LogP contribution in [-0.4, -0.2) is 23.2 Å². The molecule has 1 atom stereocenters. The molecule has 1 aliphatic rings. The first-order valence-corrected chi connectivity index (χ1v) is 16.8. The molecule has 0 aliphatic carbocycles. The predicted molar refractivity (Wildman–Crippen MR) is 187 cm³/mol. The van der Waals surface area contributed by atoms with Crippen LogP contribution in [0.2, 0.25) is 10.0 Å². The molecule has 0 fully saturated rings. The zero-order valence-corrected chi connectivity index (χ0v) is 28.6. The van der Waals surface area contributed by atoms with Gasteiger partial charge >= 0.3 is 5.97 Å². The number of esters is 1. The molecule has 5 aromatic rings. The van der Waals surface area contributed by atoms with Crippen molar-refractivity contribution in [3.8, 4) is 11.5 Å². The summed E-state index contributed by atoms with van der Waals surface area (Å²) < 4.78 is 19.6. The summed E-state index contributed by atoms with van der Waals surface area (Å²) in [6.45, 7) is 7.80. The van der Waals surface area contributed by atoms with E-state index in [4.69, 9.17) is 37.4 Å². The fraction of sp³-hybridized carbons (Fsp3) is 0.216. The minimum Gasteiger partial charge on any atom is -0.491 e. The van der Waals surface area contributed by atoms with E-state index in [2.05, 4.69) is 17.1 Å². The standard InChI is InChI=1S/C37H32Cl2N2O5S/c1-5-44-36(43)32-22(4)40-37-41(33(32)27-15-8-9-16-30(27)46-21(2)3)35(42)31(47-37)19-23-17-28(38)34(29(39)18-23)45-20-25-13-10-12-24-11-6-7-14-26(24)25/h6-19,21,33H,5,20H2,1-4H3/b31-19+/t33-/m0/s1. The summed E-state index contributed by atoms with van der Waals surface area (Å²) >= 11 is 14.6. The van der Waals surface area contributed by atoms with Gasteiger partial charge in [0.05, 0.1) is 38.6 Å². The first-order chi connectivity index (χ1) is 22.7. The third-order valence-corrected chi connectivity index (χ3v) is 9.21. The van der Waals surface area contributed by atoms with Crippen molar-refractivity contribution in [1.29, 1.82) is 0 Å². The minimum absolute atomic E-state index is 0.128. The summed E-state index contributed by atoms with van der Waals surface area (Å²) in [6.07, 6.45) is 1.59. The van der Waals surface area contributed by atoms with Crippen LogP contribution in [0.25, 0.3) is 16.8 Å². The molecule has 7 nitrogen and oxygen atoms in total. The van der Waals surface area contributed by atoms with Crippen LogP contribution in [0.4, 0.5) is 0 Å². The van der Waals surface area contributed by atoms with Crippen LogP contribution in [0.15, 0.2) is 99.9 Å². The van der Waals surface area contributed by atoms with E-state index in [1.807, 2.05) is 68.4 Å². The molecule has 6 rings (SSSR count). The van der Waals surface area contributed by atoms with Crippen molar-refractivity contribution in [2.75, 3.05) is 6.61 Å². The highest BCUT2D eigenvalue weighted by atomic mass is 35.5. The molecule has 10 heteroatoms. The van der Waals surface area contributed by atoms with Gasteiger partial charge in [-0.3, -0.25) is 9.36 Å². The molecule has 47 heavy (non-hydrogen) atoms. The lowest BCUT2D eigenvalue weighted by Gasteiger charge is -2.26. The Kier molecular flexibility index (Phi) is 9.55. The summed E-state index contributed by atoms with van der Waals surface area (Å²) in [6, 6.07) is 24.1. The Labute approximate surface area is 286 Å². The van der Waals surface area contributed by atoms with Gasteiger partial charge in [-0.25, -0.2) is 9.79 Å². The number of hydrogen-bond acceptors (Lipinski definition) is 7. The van der Waals surface area contributed by atoms with E-state index < -0.39 is 12.0 Å². The zero-order chi connectivity index (χ0) is 33.2. The Morgan fingerprint density at radius 3 is 2.47 bits per heavy atom. The van der Waals surface area contributed by atoms with Crippen LogP contribution in [0.3, 0.4) is 0 Å². The highest BCUT2D eigenvalue weighted by Gasteiger charge is 2.35. The average molecular weight is 688 g/mol. The van der Waals surface area contributed by atoms with Gasteiger partial charge in [-0.2, -0.15) is 0 Å². The van der Waals surface area contributed by atoms with Gasteiger partial charge in [-0.1, -0.05) is 95.2 Å². The molecular weight excluding hydrogens is 655 g/mol. The van der Waals surface area contributed by atoms with Crippen LogP contribution in [-0.2, 0) is 16.1 Å². The Morgan fingerprint density at radius 1 is 1.02 bits per heavy atom. The molecule has 0 unspecified atom stereocenters. The maximum absolute atomic E-state index is 14.1. The van der Waals surface area contributed by atoms with E-state index in [0.29, 0.717) is 47.7 Å². The second kappa shape index (κ2) is 13.8. The van der Waals surface area contributed by atoms with Crippen molar-refractivity contribution in [3.63, 3.8) is 0 Å². The first-order valence-electron chi connectivity index (χ1n) is 15.2. The number of ether oxygens (including phenoxy) is 3. The van der Waals surface area contributed by atoms with Crippen molar-refractivity contribution in [3.05, 3.63) is 137 Å². The quantitative estimate of drug-likeness (QED) is 0.149. The Hall–Kier alpha value is -4.37. The average Bonchev–Trinajstić information content (AvgIpc) is 3.33. The lowest BCUT2D eigenvalue weighted by Crippen LogP contribution is -2.40. The molecule has 0 bridgehead atoms. The summed E-state index contributed by atoms with van der Waals surface area (Å²) in [7, 11) is 0. The van der Waals surface area contributed by atoms with E-state index in [1.165, 1.54) is 15.9 Å². The molecule has 1 aliphatic heterocycles. The summed E-state index contributed by atoms with van der Waals surface area (Å²) in [5.41, 5.74) is 2.71. The van der Waals surface area contributed by atoms with Crippen molar-refractivity contribution in [2.24, 2.45) is 4.99 Å². The zero-order valence-electron chi connectivity index (χ0n) is 26.3. The number of hydrogen-bond donors (Lipinski definition) is 0. The normalized spacial score (nSPS) is 14.7. The van der Waals surface area contributed by atoms with E-state index in [9.17, 15) is 9.59 Å². The van der Waals surface area contributed by atoms with Crippen LogP contribution in [0, 0.1) is 0 Å². The largest absolute Gasteiger partial charge is 0.491 e. The van der Waals surface area contributed by atoms with Gasteiger partial charge in [-0.15, -0.1) is 0 Å². The highest BCUT2D eigenvalue weighted by Crippen LogP contribution is 2.37. The number of fused-ring (bicyclic) bond motifs is 2. The lowest BCUT2D eigenvalue weighted by atomic mass is 9.95. The van der Waals surface area contributed by atoms with Gasteiger partial charge in [0, 0.05) is 5.56 Å². The second-order valence-corrected chi connectivity index (χ2v) is 13.1. The van der Waals surface area contributed by atoms with Gasteiger partial charge in [-0.05, 0) is 73.9 Å². The molecule has 0 spiro atoms. The Bertz CT molecular complexity index is 2190. The van der Waals surface area contributed by atoms with E-state index in [-0.39, 0.29) is 30.5 Å². The summed E-state index contributed by atoms with van der Waals surface area (Å²) in [5, 5.41) is 2.84. The van der Waals surface area contributed by atoms with Crippen molar-refractivity contribution < 1.29 is 19.0 Å². The lowest BCUT2D eigenvalue weighted by molar-refractivity contribution is -0.139. The maximum atomic E-state index is 14.1. The fourth-order valence-corrected chi connectivity index (χ4v) is 7.33. The van der Waals surface area contributed by atoms with Crippen LogP contribution >= 0.6 is 34.5 Å². The second-order valence-electron chi connectivity index (χ2n) is 11.2. The molecule has 0 saturated heterocycles. The third kappa shape index (κ3) is 6.59. The van der Waals surface area contributed by atoms with Crippen molar-refractivity contribution >= 4 is 57.4 Å². The number of aromatic nitrogens is 1. The molecule has 240 valence electrons. The number of benzene rings is 4. The molecule has 0 N–H and O–H groups in total. The number of carbonyl (C=O) groups is 1. The van der Waals surface area contributed by atoms with Crippen LogP contribution in [0.1, 0.15) is 50.4 Å². The topological polar surface area (TPSA) is 79.1 Å².